The molecule has 0 unspecified atom stereocenters. The van der Waals surface area contributed by atoms with E-state index in [0.29, 0.717) is 18.7 Å². The predicted octanol–water partition coefficient (Wildman–Crippen LogP) is 2.74. The van der Waals surface area contributed by atoms with Crippen LogP contribution in [0.4, 0.5) is 8.78 Å². The lowest BCUT2D eigenvalue weighted by atomic mass is 9.94. The molecule has 0 spiro atoms. The number of ether oxygens (including phenoxy) is 1. The van der Waals surface area contributed by atoms with Crippen LogP contribution in [0.3, 0.4) is 0 Å². The molecule has 0 amide bonds. The molecule has 5 heteroatoms. The third-order valence-electron chi connectivity index (χ3n) is 2.72. The van der Waals surface area contributed by atoms with E-state index >= 15 is 0 Å². The highest BCUT2D eigenvalue weighted by atomic mass is 19.3. The van der Waals surface area contributed by atoms with Gasteiger partial charge in [0, 0.05) is 18.9 Å². The number of hydrogen-bond donors (Lipinski definition) is 0. The molecule has 1 aliphatic rings. The minimum absolute atomic E-state index is 0.100. The monoisotopic (exact) mass is 228 g/mol. The van der Waals surface area contributed by atoms with Crippen LogP contribution in [0.5, 0.6) is 5.88 Å². The van der Waals surface area contributed by atoms with Crippen molar-refractivity contribution in [2.24, 2.45) is 0 Å². The molecule has 0 N–H and O–H groups in total. The molecule has 1 saturated carbocycles. The zero-order valence-electron chi connectivity index (χ0n) is 9.12. The van der Waals surface area contributed by atoms with Gasteiger partial charge in [0.2, 0.25) is 11.8 Å². The second kappa shape index (κ2) is 4.31. The number of hydrogen-bond acceptors (Lipinski definition) is 3. The minimum atomic E-state index is -2.52. The number of halogens is 2. The molecule has 0 bridgehead atoms. The van der Waals surface area contributed by atoms with Crippen molar-refractivity contribution < 1.29 is 13.5 Å². The molecule has 0 aromatic carbocycles. The van der Waals surface area contributed by atoms with Crippen LogP contribution >= 0.6 is 0 Å². The first-order valence-electron chi connectivity index (χ1n) is 5.40. The van der Waals surface area contributed by atoms with Crippen LogP contribution in [0.2, 0.25) is 0 Å². The maximum Gasteiger partial charge on any atom is 0.248 e. The van der Waals surface area contributed by atoms with Crippen LogP contribution in [-0.4, -0.2) is 22.2 Å². The first-order valence-corrected chi connectivity index (χ1v) is 5.40. The summed E-state index contributed by atoms with van der Waals surface area (Å²) in [6.45, 7) is 1.83. The normalized spacial score (nSPS) is 20.7. The molecule has 2 rings (SSSR count). The van der Waals surface area contributed by atoms with E-state index in [1.165, 1.54) is 0 Å². The fourth-order valence-corrected chi connectivity index (χ4v) is 1.75. The molecule has 1 aliphatic carbocycles. The summed E-state index contributed by atoms with van der Waals surface area (Å²) in [5.74, 6) is -2.10. The fraction of sp³-hybridized carbons (Fsp3) is 0.636. The van der Waals surface area contributed by atoms with E-state index in [4.69, 9.17) is 4.74 Å². The highest BCUT2D eigenvalue weighted by Gasteiger charge is 2.35. The van der Waals surface area contributed by atoms with Crippen LogP contribution in [0.15, 0.2) is 12.1 Å². The van der Waals surface area contributed by atoms with Crippen LogP contribution in [0.25, 0.3) is 0 Å². The molecule has 88 valence electrons. The number of aryl methyl sites for hydroxylation is 1. The molecule has 0 atom stereocenters. The Bertz CT molecular complexity index is 344. The number of nitrogens with zero attached hydrogens (tertiary/aromatic N) is 2. The van der Waals surface area contributed by atoms with E-state index in [0.717, 1.165) is 5.69 Å². The van der Waals surface area contributed by atoms with Gasteiger partial charge in [0.25, 0.3) is 0 Å². The Morgan fingerprint density at radius 2 is 1.94 bits per heavy atom. The zero-order valence-corrected chi connectivity index (χ0v) is 9.12. The molecule has 1 aromatic heterocycles. The van der Waals surface area contributed by atoms with E-state index in [1.807, 2.05) is 6.92 Å². The van der Waals surface area contributed by atoms with Crippen molar-refractivity contribution in [2.75, 3.05) is 0 Å². The summed E-state index contributed by atoms with van der Waals surface area (Å²) in [4.78, 5) is 0. The molecule has 3 nitrogen and oxygen atoms in total. The molecule has 1 aromatic rings. The van der Waals surface area contributed by atoms with Gasteiger partial charge in [-0.05, 0) is 25.8 Å². The average molecular weight is 228 g/mol. The first-order chi connectivity index (χ1) is 7.55. The Morgan fingerprint density at radius 3 is 2.50 bits per heavy atom. The maximum absolute atomic E-state index is 12.9. The molecule has 0 aliphatic heterocycles. The van der Waals surface area contributed by atoms with E-state index in [1.54, 1.807) is 12.1 Å². The summed E-state index contributed by atoms with van der Waals surface area (Å²) in [5.41, 5.74) is 0.808. The molecule has 1 heterocycles. The quantitative estimate of drug-likeness (QED) is 0.780. The third-order valence-corrected chi connectivity index (χ3v) is 2.72. The van der Waals surface area contributed by atoms with Crippen molar-refractivity contribution in [2.45, 2.75) is 44.6 Å². The highest BCUT2D eigenvalue weighted by molar-refractivity contribution is 5.10. The maximum atomic E-state index is 12.9. The summed E-state index contributed by atoms with van der Waals surface area (Å²) < 4.78 is 31.3. The summed E-state index contributed by atoms with van der Waals surface area (Å²) in [5, 5.41) is 7.70. The standard InChI is InChI=1S/C11H14F2N2O/c1-8-2-3-10(15-14-8)16-9-4-6-11(12,13)7-5-9/h2-3,9H,4-7H2,1H3. The third kappa shape index (κ3) is 2.87. The molecule has 1 fully saturated rings. The Kier molecular flexibility index (Phi) is 3.03. The van der Waals surface area contributed by atoms with Crippen LogP contribution < -0.4 is 4.74 Å². The van der Waals surface area contributed by atoms with Crippen molar-refractivity contribution in [3.8, 4) is 5.88 Å². The molecular weight excluding hydrogens is 214 g/mol. The van der Waals surface area contributed by atoms with Crippen molar-refractivity contribution in [3.05, 3.63) is 17.8 Å². The zero-order chi connectivity index (χ0) is 11.6. The largest absolute Gasteiger partial charge is 0.473 e. The summed E-state index contributed by atoms with van der Waals surface area (Å²) in [6.07, 6.45) is 0.399. The molecule has 0 saturated heterocycles. The van der Waals surface area contributed by atoms with Gasteiger partial charge in [-0.3, -0.25) is 0 Å². The van der Waals surface area contributed by atoms with Gasteiger partial charge in [0.05, 0.1) is 5.69 Å². The number of rotatable bonds is 2. The predicted molar refractivity (Wildman–Crippen MR) is 54.6 cm³/mol. The average Bonchev–Trinajstić information content (AvgIpc) is 2.24. The van der Waals surface area contributed by atoms with E-state index < -0.39 is 5.92 Å². The van der Waals surface area contributed by atoms with Gasteiger partial charge in [-0.2, -0.15) is 5.10 Å². The molecular formula is C11H14F2N2O. The minimum Gasteiger partial charge on any atom is -0.473 e. The molecule has 0 radical (unpaired) electrons. The Hall–Kier alpha value is -1.26. The van der Waals surface area contributed by atoms with Gasteiger partial charge in [0.15, 0.2) is 0 Å². The first kappa shape index (κ1) is 11.2. The van der Waals surface area contributed by atoms with Crippen molar-refractivity contribution in [1.29, 1.82) is 0 Å². The SMILES string of the molecule is Cc1ccc(OC2CCC(F)(F)CC2)nn1. The lowest BCUT2D eigenvalue weighted by Gasteiger charge is -2.28. The van der Waals surface area contributed by atoms with Crippen LogP contribution in [-0.2, 0) is 0 Å². The van der Waals surface area contributed by atoms with Gasteiger partial charge < -0.3 is 4.74 Å². The van der Waals surface area contributed by atoms with Crippen LogP contribution in [0, 0.1) is 6.92 Å². The lowest BCUT2D eigenvalue weighted by molar-refractivity contribution is -0.0589. The van der Waals surface area contributed by atoms with E-state index in [9.17, 15) is 8.78 Å². The van der Waals surface area contributed by atoms with Crippen molar-refractivity contribution in [3.63, 3.8) is 0 Å². The van der Waals surface area contributed by atoms with Crippen LogP contribution in [0.1, 0.15) is 31.4 Å². The summed E-state index contributed by atoms with van der Waals surface area (Å²) in [7, 11) is 0. The second-order valence-corrected chi connectivity index (χ2v) is 4.19. The van der Waals surface area contributed by atoms with Gasteiger partial charge in [0.1, 0.15) is 6.10 Å². The van der Waals surface area contributed by atoms with Crippen molar-refractivity contribution >= 4 is 0 Å². The molecule has 16 heavy (non-hydrogen) atoms. The van der Waals surface area contributed by atoms with Gasteiger partial charge in [-0.15, -0.1) is 5.10 Å². The van der Waals surface area contributed by atoms with Gasteiger partial charge in [-0.1, -0.05) is 0 Å². The lowest BCUT2D eigenvalue weighted by Crippen LogP contribution is -2.30. The van der Waals surface area contributed by atoms with E-state index in [-0.39, 0.29) is 18.9 Å². The van der Waals surface area contributed by atoms with Gasteiger partial charge >= 0.3 is 0 Å². The van der Waals surface area contributed by atoms with Crippen molar-refractivity contribution in [1.82, 2.24) is 10.2 Å². The summed E-state index contributed by atoms with van der Waals surface area (Å²) in [6, 6.07) is 3.51. The number of alkyl halides is 2. The van der Waals surface area contributed by atoms with E-state index in [2.05, 4.69) is 10.2 Å². The highest BCUT2D eigenvalue weighted by Crippen LogP contribution is 2.34. The Labute approximate surface area is 92.8 Å². The second-order valence-electron chi connectivity index (χ2n) is 4.19. The summed E-state index contributed by atoms with van der Waals surface area (Å²) >= 11 is 0. The fourth-order valence-electron chi connectivity index (χ4n) is 1.75. The Balaban J connectivity index is 1.89. The smallest absolute Gasteiger partial charge is 0.248 e. The topological polar surface area (TPSA) is 35.0 Å². The van der Waals surface area contributed by atoms with Gasteiger partial charge in [-0.25, -0.2) is 8.78 Å². The number of aromatic nitrogens is 2. The Morgan fingerprint density at radius 1 is 1.25 bits per heavy atom.